The lowest BCUT2D eigenvalue weighted by Crippen LogP contribution is -2.07. The van der Waals surface area contributed by atoms with Gasteiger partial charge < -0.3 is 4.57 Å². The first-order chi connectivity index (χ1) is 13.5. The fourth-order valence-corrected chi connectivity index (χ4v) is 3.20. The molecule has 3 aromatic carbocycles. The Hall–Kier alpha value is -3.60. The van der Waals surface area contributed by atoms with Crippen LogP contribution in [0.25, 0.3) is 10.9 Å². The second-order valence-electron chi connectivity index (χ2n) is 6.65. The summed E-state index contributed by atoms with van der Waals surface area (Å²) in [6, 6.07) is 21.0. The van der Waals surface area contributed by atoms with Crippen LogP contribution in [-0.4, -0.2) is 10.4 Å². The Kier molecular flexibility index (Phi) is 4.57. The molecule has 0 bridgehead atoms. The lowest BCUT2D eigenvalue weighted by Gasteiger charge is -2.04. The Morgan fingerprint density at radius 2 is 1.64 bits per heavy atom. The zero-order valence-corrected chi connectivity index (χ0v) is 15.6. The molecule has 4 nitrogen and oxygen atoms in total. The van der Waals surface area contributed by atoms with Crippen LogP contribution in [0, 0.1) is 12.7 Å². The molecule has 4 aromatic rings. The third-order valence-electron chi connectivity index (χ3n) is 4.69. The number of azo groups is 1. The van der Waals surface area contributed by atoms with Crippen LogP contribution in [0.2, 0.25) is 0 Å². The minimum atomic E-state index is -0.386. The minimum Gasteiger partial charge on any atom is -0.339 e. The summed E-state index contributed by atoms with van der Waals surface area (Å²) in [6.07, 6.45) is 0. The quantitative estimate of drug-likeness (QED) is 0.308. The second kappa shape index (κ2) is 7.19. The second-order valence-corrected chi connectivity index (χ2v) is 6.65. The average Bonchev–Trinajstić information content (AvgIpc) is 2.98. The molecule has 0 amide bonds. The van der Waals surface area contributed by atoms with Gasteiger partial charge in [-0.15, -0.1) is 5.11 Å². The van der Waals surface area contributed by atoms with E-state index in [4.69, 9.17) is 0 Å². The van der Waals surface area contributed by atoms with Crippen LogP contribution in [0.4, 0.5) is 15.8 Å². The van der Waals surface area contributed by atoms with E-state index in [1.165, 1.54) is 12.1 Å². The number of fused-ring (bicyclic) bond motifs is 1. The van der Waals surface area contributed by atoms with Crippen LogP contribution in [0.5, 0.6) is 0 Å². The van der Waals surface area contributed by atoms with Crippen LogP contribution < -0.4 is 0 Å². The van der Waals surface area contributed by atoms with Crippen LogP contribution in [-0.2, 0) is 7.05 Å². The molecule has 1 aromatic heterocycles. The highest BCUT2D eigenvalue weighted by molar-refractivity contribution is 6.15. The molecule has 0 N–H and O–H groups in total. The predicted molar refractivity (Wildman–Crippen MR) is 108 cm³/mol. The van der Waals surface area contributed by atoms with Crippen LogP contribution in [0.1, 0.15) is 21.6 Å². The highest BCUT2D eigenvalue weighted by Gasteiger charge is 2.22. The maximum absolute atomic E-state index is 13.9. The molecule has 0 aliphatic heterocycles. The molecule has 4 rings (SSSR count). The van der Waals surface area contributed by atoms with Crippen LogP contribution in [0.15, 0.2) is 83.0 Å². The van der Waals surface area contributed by atoms with Crippen molar-refractivity contribution in [3.8, 4) is 0 Å². The number of benzene rings is 3. The Morgan fingerprint density at radius 1 is 0.929 bits per heavy atom. The van der Waals surface area contributed by atoms with Crippen molar-refractivity contribution in [2.24, 2.45) is 17.3 Å². The van der Waals surface area contributed by atoms with Gasteiger partial charge in [0, 0.05) is 18.0 Å². The third kappa shape index (κ3) is 3.22. The lowest BCUT2D eigenvalue weighted by atomic mass is 10.1. The molecule has 0 unspecified atom stereocenters. The first kappa shape index (κ1) is 17.8. The monoisotopic (exact) mass is 371 g/mol. The van der Waals surface area contributed by atoms with E-state index in [0.717, 1.165) is 11.1 Å². The van der Waals surface area contributed by atoms with Gasteiger partial charge in [0.25, 0.3) is 0 Å². The number of hydrogen-bond acceptors (Lipinski definition) is 3. The number of carbonyl (C=O) groups excluding carboxylic acids is 1. The molecular formula is C23H18FN3O. The standard InChI is InChI=1S/C23H18FN3O/c1-15-8-11-18(12-9-15)25-26-21-19-14-17(24)10-13-20(19)27(2)22(21)23(28)16-6-4-3-5-7-16/h3-14H,1-2H3. The number of carbonyl (C=O) groups is 1. The van der Waals surface area contributed by atoms with Gasteiger partial charge >= 0.3 is 0 Å². The van der Waals surface area contributed by atoms with Gasteiger partial charge in [0.2, 0.25) is 5.78 Å². The van der Waals surface area contributed by atoms with Gasteiger partial charge in [0.15, 0.2) is 0 Å². The summed E-state index contributed by atoms with van der Waals surface area (Å²) in [5.41, 5.74) is 3.79. The van der Waals surface area contributed by atoms with E-state index in [1.807, 2.05) is 49.4 Å². The van der Waals surface area contributed by atoms with Crippen molar-refractivity contribution in [1.82, 2.24) is 4.57 Å². The summed E-state index contributed by atoms with van der Waals surface area (Å²) in [6.45, 7) is 1.99. The first-order valence-corrected chi connectivity index (χ1v) is 8.90. The van der Waals surface area contributed by atoms with Gasteiger partial charge in [-0.05, 0) is 37.3 Å². The van der Waals surface area contributed by atoms with Gasteiger partial charge in [-0.1, -0.05) is 48.0 Å². The maximum Gasteiger partial charge on any atom is 0.211 e. The molecule has 28 heavy (non-hydrogen) atoms. The summed E-state index contributed by atoms with van der Waals surface area (Å²) in [5, 5.41) is 9.20. The Labute approximate surface area is 162 Å². The molecular weight excluding hydrogens is 353 g/mol. The van der Waals surface area contributed by atoms with Gasteiger partial charge in [-0.2, -0.15) is 5.11 Å². The summed E-state index contributed by atoms with van der Waals surface area (Å²) in [7, 11) is 1.78. The molecule has 0 fully saturated rings. The van der Waals surface area contributed by atoms with Crippen molar-refractivity contribution in [3.63, 3.8) is 0 Å². The van der Waals surface area contributed by atoms with E-state index in [2.05, 4.69) is 10.2 Å². The zero-order valence-electron chi connectivity index (χ0n) is 15.6. The van der Waals surface area contributed by atoms with Crippen molar-refractivity contribution in [1.29, 1.82) is 0 Å². The molecule has 0 atom stereocenters. The summed E-state index contributed by atoms with van der Waals surface area (Å²) in [4.78, 5) is 13.2. The smallest absolute Gasteiger partial charge is 0.211 e. The normalized spacial score (nSPS) is 11.4. The topological polar surface area (TPSA) is 46.7 Å². The van der Waals surface area contributed by atoms with Crippen molar-refractivity contribution < 1.29 is 9.18 Å². The molecule has 1 heterocycles. The number of ketones is 1. The lowest BCUT2D eigenvalue weighted by molar-refractivity contribution is 0.103. The highest BCUT2D eigenvalue weighted by atomic mass is 19.1. The number of nitrogens with zero attached hydrogens (tertiary/aromatic N) is 3. The van der Waals surface area contributed by atoms with Gasteiger partial charge in [-0.3, -0.25) is 4.79 Å². The molecule has 0 saturated heterocycles. The van der Waals surface area contributed by atoms with Crippen molar-refractivity contribution in [2.75, 3.05) is 0 Å². The number of aryl methyl sites for hydroxylation is 2. The summed E-state index contributed by atoms with van der Waals surface area (Å²) >= 11 is 0. The Morgan fingerprint density at radius 3 is 2.36 bits per heavy atom. The summed E-state index contributed by atoms with van der Waals surface area (Å²) < 4.78 is 15.7. The Bertz CT molecular complexity index is 1190. The van der Waals surface area contributed by atoms with Crippen LogP contribution in [0.3, 0.4) is 0 Å². The fraction of sp³-hybridized carbons (Fsp3) is 0.0870. The number of rotatable bonds is 4. The number of halogens is 1. The van der Waals surface area contributed by atoms with Crippen molar-refractivity contribution in [3.05, 3.63) is 95.4 Å². The van der Waals surface area contributed by atoms with Crippen molar-refractivity contribution >= 4 is 28.1 Å². The summed E-state index contributed by atoms with van der Waals surface area (Å²) in [5.74, 6) is -0.568. The molecule has 0 saturated carbocycles. The van der Waals surface area contributed by atoms with E-state index < -0.39 is 0 Å². The number of aromatic nitrogens is 1. The van der Waals surface area contributed by atoms with E-state index in [1.54, 1.807) is 29.8 Å². The molecule has 5 heteroatoms. The van der Waals surface area contributed by atoms with E-state index in [-0.39, 0.29) is 11.6 Å². The van der Waals surface area contributed by atoms with Crippen molar-refractivity contribution in [2.45, 2.75) is 6.92 Å². The van der Waals surface area contributed by atoms with E-state index in [0.29, 0.717) is 28.0 Å². The third-order valence-corrected chi connectivity index (χ3v) is 4.69. The molecule has 0 radical (unpaired) electrons. The Balaban J connectivity index is 1.91. The average molecular weight is 371 g/mol. The zero-order chi connectivity index (χ0) is 19.7. The predicted octanol–water partition coefficient (Wildman–Crippen LogP) is 6.27. The SMILES string of the molecule is Cc1ccc(N=Nc2c(C(=O)c3ccccc3)n(C)c3ccc(F)cc23)cc1. The van der Waals surface area contributed by atoms with Gasteiger partial charge in [0.05, 0.1) is 11.2 Å². The van der Waals surface area contributed by atoms with E-state index in [9.17, 15) is 9.18 Å². The maximum atomic E-state index is 13.9. The largest absolute Gasteiger partial charge is 0.339 e. The van der Waals surface area contributed by atoms with Crippen LogP contribution >= 0.6 is 0 Å². The molecule has 0 aliphatic rings. The highest BCUT2D eigenvalue weighted by Crippen LogP contribution is 2.36. The fourth-order valence-electron chi connectivity index (χ4n) is 3.20. The molecule has 0 spiro atoms. The minimum absolute atomic E-state index is 0.183. The van der Waals surface area contributed by atoms with Gasteiger partial charge in [0.1, 0.15) is 17.2 Å². The van der Waals surface area contributed by atoms with E-state index >= 15 is 0 Å². The molecule has 138 valence electrons. The van der Waals surface area contributed by atoms with Gasteiger partial charge in [-0.25, -0.2) is 4.39 Å². The number of hydrogen-bond donors (Lipinski definition) is 0. The first-order valence-electron chi connectivity index (χ1n) is 8.90. The molecule has 0 aliphatic carbocycles.